The molecule has 0 aliphatic carbocycles. The third-order valence-corrected chi connectivity index (χ3v) is 6.00. The number of likely N-dealkylation sites (tertiary alicyclic amines) is 1. The molecule has 1 spiro atoms. The molecule has 2 aromatic carbocycles. The molecule has 26 heavy (non-hydrogen) atoms. The summed E-state index contributed by atoms with van der Waals surface area (Å²) in [5.74, 6) is 1.10. The highest BCUT2D eigenvalue weighted by Gasteiger charge is 2.39. The first kappa shape index (κ1) is 15.8. The van der Waals surface area contributed by atoms with Gasteiger partial charge in [-0.15, -0.1) is 5.10 Å². The Kier molecular flexibility index (Phi) is 3.71. The molecule has 3 heterocycles. The SMILES string of the molecule is Cn1nnc2cc(CN3CCC4(CCc5ccccc5O4)CC3)ccc21. The van der Waals surface area contributed by atoms with Crippen LogP contribution in [0.1, 0.15) is 30.4 Å². The van der Waals surface area contributed by atoms with Crippen LogP contribution in [0.2, 0.25) is 0 Å². The van der Waals surface area contributed by atoms with Crippen LogP contribution in [-0.4, -0.2) is 38.6 Å². The lowest BCUT2D eigenvalue weighted by Crippen LogP contribution is -2.49. The summed E-state index contributed by atoms with van der Waals surface area (Å²) in [6.45, 7) is 3.14. The van der Waals surface area contributed by atoms with Crippen molar-refractivity contribution in [3.63, 3.8) is 0 Å². The normalized spacial score (nSPS) is 19.4. The number of nitrogens with zero attached hydrogens (tertiary/aromatic N) is 4. The summed E-state index contributed by atoms with van der Waals surface area (Å²) < 4.78 is 8.29. The minimum atomic E-state index is 0.0414. The second kappa shape index (κ2) is 6.09. The van der Waals surface area contributed by atoms with Crippen molar-refractivity contribution in [1.82, 2.24) is 19.9 Å². The lowest BCUT2D eigenvalue weighted by molar-refractivity contribution is -0.0163. The van der Waals surface area contributed by atoms with E-state index in [1.165, 1.54) is 11.1 Å². The van der Waals surface area contributed by atoms with E-state index in [-0.39, 0.29) is 5.60 Å². The molecule has 0 radical (unpaired) electrons. The Bertz CT molecular complexity index is 940. The fraction of sp³-hybridized carbons (Fsp3) is 0.429. The molecule has 1 aromatic heterocycles. The molecule has 2 aliphatic rings. The minimum Gasteiger partial charge on any atom is -0.487 e. The van der Waals surface area contributed by atoms with Crippen molar-refractivity contribution in [2.75, 3.05) is 13.1 Å². The third-order valence-electron chi connectivity index (χ3n) is 6.00. The van der Waals surface area contributed by atoms with E-state index >= 15 is 0 Å². The van der Waals surface area contributed by atoms with Gasteiger partial charge in [0.25, 0.3) is 0 Å². The summed E-state index contributed by atoms with van der Waals surface area (Å²) >= 11 is 0. The molecule has 1 fully saturated rings. The first-order valence-electron chi connectivity index (χ1n) is 9.48. The largest absolute Gasteiger partial charge is 0.487 e. The highest BCUT2D eigenvalue weighted by atomic mass is 16.5. The second-order valence-electron chi connectivity index (χ2n) is 7.71. The zero-order valence-corrected chi connectivity index (χ0v) is 15.2. The van der Waals surface area contributed by atoms with E-state index in [9.17, 15) is 0 Å². The maximum absolute atomic E-state index is 6.47. The summed E-state index contributed by atoms with van der Waals surface area (Å²) in [5.41, 5.74) is 4.77. The molecule has 0 unspecified atom stereocenters. The van der Waals surface area contributed by atoms with Crippen LogP contribution in [0.3, 0.4) is 0 Å². The Hall–Kier alpha value is -2.40. The van der Waals surface area contributed by atoms with Gasteiger partial charge in [0.1, 0.15) is 16.9 Å². The van der Waals surface area contributed by atoms with Gasteiger partial charge >= 0.3 is 0 Å². The van der Waals surface area contributed by atoms with Crippen LogP contribution >= 0.6 is 0 Å². The van der Waals surface area contributed by atoms with Crippen LogP contribution < -0.4 is 4.74 Å². The van der Waals surface area contributed by atoms with Gasteiger partial charge in [0.2, 0.25) is 0 Å². The van der Waals surface area contributed by atoms with E-state index in [4.69, 9.17) is 4.74 Å². The van der Waals surface area contributed by atoms with Crippen molar-refractivity contribution < 1.29 is 4.74 Å². The molecular weight excluding hydrogens is 324 g/mol. The monoisotopic (exact) mass is 348 g/mol. The molecule has 1 saturated heterocycles. The van der Waals surface area contributed by atoms with Crippen LogP contribution in [0, 0.1) is 0 Å². The van der Waals surface area contributed by atoms with E-state index in [1.54, 1.807) is 0 Å². The summed E-state index contributed by atoms with van der Waals surface area (Å²) in [6, 6.07) is 15.0. The van der Waals surface area contributed by atoms with Crippen LogP contribution in [-0.2, 0) is 20.0 Å². The predicted molar refractivity (Wildman–Crippen MR) is 101 cm³/mol. The van der Waals surface area contributed by atoms with Crippen molar-refractivity contribution in [2.45, 2.75) is 37.8 Å². The first-order valence-corrected chi connectivity index (χ1v) is 9.48. The topological polar surface area (TPSA) is 43.2 Å². The summed E-state index contributed by atoms with van der Waals surface area (Å²) in [5, 5.41) is 8.33. The smallest absolute Gasteiger partial charge is 0.123 e. The fourth-order valence-corrected chi connectivity index (χ4v) is 4.37. The average Bonchev–Trinajstić information content (AvgIpc) is 3.04. The van der Waals surface area contributed by atoms with Gasteiger partial charge in [0.05, 0.1) is 5.52 Å². The van der Waals surface area contributed by atoms with Crippen molar-refractivity contribution in [3.05, 3.63) is 53.6 Å². The van der Waals surface area contributed by atoms with Crippen molar-refractivity contribution in [3.8, 4) is 5.75 Å². The van der Waals surface area contributed by atoms with E-state index in [0.29, 0.717) is 0 Å². The standard InChI is InChI=1S/C21H24N4O/c1-24-19-7-6-16(14-18(19)22-23-24)15-25-12-10-21(11-13-25)9-8-17-4-2-3-5-20(17)26-21/h2-7,14H,8-13,15H2,1H3. The molecule has 0 N–H and O–H groups in total. The summed E-state index contributed by atoms with van der Waals surface area (Å²) in [4.78, 5) is 2.53. The van der Waals surface area contributed by atoms with E-state index in [1.807, 2.05) is 11.7 Å². The first-order chi connectivity index (χ1) is 12.7. The van der Waals surface area contributed by atoms with Crippen LogP contribution in [0.25, 0.3) is 11.0 Å². The van der Waals surface area contributed by atoms with Crippen molar-refractivity contribution in [1.29, 1.82) is 0 Å². The molecule has 0 atom stereocenters. The van der Waals surface area contributed by atoms with Gasteiger partial charge in [0, 0.05) is 26.7 Å². The number of para-hydroxylation sites is 1. The van der Waals surface area contributed by atoms with Crippen LogP contribution in [0.15, 0.2) is 42.5 Å². The molecule has 0 amide bonds. The van der Waals surface area contributed by atoms with Crippen molar-refractivity contribution in [2.24, 2.45) is 7.05 Å². The van der Waals surface area contributed by atoms with Crippen LogP contribution in [0.4, 0.5) is 0 Å². The van der Waals surface area contributed by atoms with Gasteiger partial charge in [-0.25, -0.2) is 4.68 Å². The van der Waals surface area contributed by atoms with Gasteiger partial charge in [-0.2, -0.15) is 0 Å². The van der Waals surface area contributed by atoms with Gasteiger partial charge in [-0.3, -0.25) is 4.90 Å². The number of fused-ring (bicyclic) bond motifs is 2. The zero-order chi connectivity index (χ0) is 17.6. The Morgan fingerprint density at radius 2 is 1.92 bits per heavy atom. The number of ether oxygens (including phenoxy) is 1. The number of benzene rings is 2. The van der Waals surface area contributed by atoms with Crippen molar-refractivity contribution >= 4 is 11.0 Å². The number of rotatable bonds is 2. The minimum absolute atomic E-state index is 0.0414. The summed E-state index contributed by atoms with van der Waals surface area (Å²) in [6.07, 6.45) is 4.49. The van der Waals surface area contributed by atoms with Gasteiger partial charge in [-0.05, 0) is 55.0 Å². The number of hydrogen-bond acceptors (Lipinski definition) is 4. The zero-order valence-electron chi connectivity index (χ0n) is 15.2. The van der Waals surface area contributed by atoms with E-state index < -0.39 is 0 Å². The Morgan fingerprint density at radius 1 is 1.08 bits per heavy atom. The third kappa shape index (κ3) is 2.76. The molecule has 3 aromatic rings. The van der Waals surface area contributed by atoms with Gasteiger partial charge in [0.15, 0.2) is 0 Å². The summed E-state index contributed by atoms with van der Waals surface area (Å²) in [7, 11) is 1.93. The highest BCUT2D eigenvalue weighted by Crippen LogP contribution is 2.39. The Labute approximate surface area is 153 Å². The number of aromatic nitrogens is 3. The van der Waals surface area contributed by atoms with Gasteiger partial charge < -0.3 is 4.74 Å². The molecule has 5 heteroatoms. The maximum Gasteiger partial charge on any atom is 0.123 e. The second-order valence-corrected chi connectivity index (χ2v) is 7.71. The molecule has 5 rings (SSSR count). The van der Waals surface area contributed by atoms with Gasteiger partial charge in [-0.1, -0.05) is 29.5 Å². The van der Waals surface area contributed by atoms with E-state index in [0.717, 1.165) is 62.1 Å². The molecule has 0 saturated carbocycles. The molecule has 2 aliphatic heterocycles. The fourth-order valence-electron chi connectivity index (χ4n) is 4.37. The predicted octanol–water partition coefficient (Wildman–Crippen LogP) is 3.33. The average molecular weight is 348 g/mol. The molecule has 5 nitrogen and oxygen atoms in total. The Balaban J connectivity index is 1.25. The highest BCUT2D eigenvalue weighted by molar-refractivity contribution is 5.74. The number of hydrogen-bond donors (Lipinski definition) is 0. The number of aryl methyl sites for hydroxylation is 2. The molecular formula is C21H24N4O. The van der Waals surface area contributed by atoms with E-state index in [2.05, 4.69) is 57.7 Å². The maximum atomic E-state index is 6.47. The lowest BCUT2D eigenvalue weighted by atomic mass is 9.83. The lowest BCUT2D eigenvalue weighted by Gasteiger charge is -2.44. The molecule has 134 valence electrons. The van der Waals surface area contributed by atoms with Crippen LogP contribution in [0.5, 0.6) is 5.75 Å². The quantitative estimate of drug-likeness (QED) is 0.712. The molecule has 0 bridgehead atoms. The number of piperidine rings is 1. The Morgan fingerprint density at radius 3 is 2.81 bits per heavy atom.